The van der Waals surface area contributed by atoms with Gasteiger partial charge in [-0.1, -0.05) is 35.3 Å². The third-order valence-electron chi connectivity index (χ3n) is 1.93. The minimum atomic E-state index is -0.685. The number of nitrogens with two attached hydrogens (primary N) is 1. The summed E-state index contributed by atoms with van der Waals surface area (Å²) in [4.78, 5) is 0. The number of halogens is 2. The molecule has 0 saturated carbocycles. The van der Waals surface area contributed by atoms with Crippen LogP contribution < -0.4 is 5.73 Å². The Kier molecular flexibility index (Phi) is 3.01. The van der Waals surface area contributed by atoms with Crippen LogP contribution in [0.2, 0.25) is 10.0 Å². The Labute approximate surface area is 88.1 Å². The maximum Gasteiger partial charge on any atom is 0.0593 e. The van der Waals surface area contributed by atoms with E-state index in [2.05, 4.69) is 6.58 Å². The molecule has 0 saturated heterocycles. The zero-order valence-electron chi connectivity index (χ0n) is 7.35. The van der Waals surface area contributed by atoms with E-state index in [9.17, 15) is 0 Å². The van der Waals surface area contributed by atoms with Crippen molar-refractivity contribution in [3.63, 3.8) is 0 Å². The monoisotopic (exact) mass is 215 g/mol. The van der Waals surface area contributed by atoms with Crippen LogP contribution in [-0.4, -0.2) is 0 Å². The Morgan fingerprint density at radius 2 is 1.85 bits per heavy atom. The molecule has 1 aromatic rings. The van der Waals surface area contributed by atoms with Gasteiger partial charge in [-0.05, 0) is 19.1 Å². The number of hydrogen-bond donors (Lipinski definition) is 1. The Balaban J connectivity index is 3.36. The van der Waals surface area contributed by atoms with Crippen LogP contribution in [0.4, 0.5) is 0 Å². The molecule has 13 heavy (non-hydrogen) atoms. The summed E-state index contributed by atoms with van der Waals surface area (Å²) in [5.74, 6) is 0. The van der Waals surface area contributed by atoms with Crippen molar-refractivity contribution in [2.24, 2.45) is 5.73 Å². The van der Waals surface area contributed by atoms with E-state index in [0.717, 1.165) is 0 Å². The SMILES string of the molecule is C=C[C@](C)(N)c1c(Cl)cccc1Cl. The average Bonchev–Trinajstić information content (AvgIpc) is 2.03. The standard InChI is InChI=1S/C10H11Cl2N/c1-3-10(2,13)9-7(11)5-4-6-8(9)12/h3-6H,1,13H2,2H3/t10-/m0/s1. The molecule has 1 nitrogen and oxygen atoms in total. The minimum Gasteiger partial charge on any atom is -0.318 e. The first kappa shape index (κ1) is 10.6. The molecule has 0 aliphatic carbocycles. The normalized spacial score (nSPS) is 15.1. The molecule has 0 fully saturated rings. The van der Waals surface area contributed by atoms with Crippen molar-refractivity contribution < 1.29 is 0 Å². The van der Waals surface area contributed by atoms with Crippen LogP contribution in [0.3, 0.4) is 0 Å². The second-order valence-corrected chi connectivity index (χ2v) is 3.90. The van der Waals surface area contributed by atoms with Crippen LogP contribution in [0.25, 0.3) is 0 Å². The highest BCUT2D eigenvalue weighted by Gasteiger charge is 2.22. The van der Waals surface area contributed by atoms with Gasteiger partial charge in [0.1, 0.15) is 0 Å². The van der Waals surface area contributed by atoms with Crippen LogP contribution in [0.1, 0.15) is 12.5 Å². The quantitative estimate of drug-likeness (QED) is 0.753. The van der Waals surface area contributed by atoms with Gasteiger partial charge in [0, 0.05) is 15.6 Å². The fourth-order valence-electron chi connectivity index (χ4n) is 1.11. The Bertz CT molecular complexity index is 311. The molecule has 70 valence electrons. The van der Waals surface area contributed by atoms with E-state index in [1.165, 1.54) is 0 Å². The second kappa shape index (κ2) is 3.70. The van der Waals surface area contributed by atoms with Crippen LogP contribution in [0, 0.1) is 0 Å². The van der Waals surface area contributed by atoms with E-state index >= 15 is 0 Å². The lowest BCUT2D eigenvalue weighted by atomic mass is 9.93. The van der Waals surface area contributed by atoms with Crippen molar-refractivity contribution in [2.75, 3.05) is 0 Å². The van der Waals surface area contributed by atoms with E-state index in [0.29, 0.717) is 15.6 Å². The van der Waals surface area contributed by atoms with Gasteiger partial charge in [-0.3, -0.25) is 0 Å². The molecule has 0 amide bonds. The van der Waals surface area contributed by atoms with Gasteiger partial charge >= 0.3 is 0 Å². The maximum atomic E-state index is 5.98. The molecule has 0 heterocycles. The first-order valence-corrected chi connectivity index (χ1v) is 4.61. The van der Waals surface area contributed by atoms with Gasteiger partial charge < -0.3 is 5.73 Å². The van der Waals surface area contributed by atoms with E-state index in [4.69, 9.17) is 28.9 Å². The van der Waals surface area contributed by atoms with E-state index < -0.39 is 5.54 Å². The second-order valence-electron chi connectivity index (χ2n) is 3.08. The van der Waals surface area contributed by atoms with Crippen molar-refractivity contribution in [1.82, 2.24) is 0 Å². The maximum absolute atomic E-state index is 5.98. The summed E-state index contributed by atoms with van der Waals surface area (Å²) < 4.78 is 0. The molecule has 0 spiro atoms. The summed E-state index contributed by atoms with van der Waals surface area (Å²) in [5, 5.41) is 1.13. The Morgan fingerprint density at radius 3 is 2.23 bits per heavy atom. The van der Waals surface area contributed by atoms with Gasteiger partial charge in [-0.2, -0.15) is 0 Å². The molecule has 0 aromatic heterocycles. The molecule has 1 rings (SSSR count). The summed E-state index contributed by atoms with van der Waals surface area (Å²) in [6.07, 6.45) is 1.63. The topological polar surface area (TPSA) is 26.0 Å². The van der Waals surface area contributed by atoms with Crippen LogP contribution in [-0.2, 0) is 5.54 Å². The highest BCUT2D eigenvalue weighted by Crippen LogP contribution is 2.32. The zero-order chi connectivity index (χ0) is 10.1. The van der Waals surface area contributed by atoms with E-state index in [1.54, 1.807) is 24.3 Å². The van der Waals surface area contributed by atoms with Gasteiger partial charge in [0.2, 0.25) is 0 Å². The lowest BCUT2D eigenvalue weighted by Crippen LogP contribution is -2.30. The highest BCUT2D eigenvalue weighted by atomic mass is 35.5. The van der Waals surface area contributed by atoms with Crippen molar-refractivity contribution in [2.45, 2.75) is 12.5 Å². The van der Waals surface area contributed by atoms with Gasteiger partial charge in [0.25, 0.3) is 0 Å². The highest BCUT2D eigenvalue weighted by molar-refractivity contribution is 6.36. The lowest BCUT2D eigenvalue weighted by Gasteiger charge is -2.22. The molecule has 0 aliphatic heterocycles. The summed E-state index contributed by atoms with van der Waals surface area (Å²) in [7, 11) is 0. The Morgan fingerprint density at radius 1 is 1.38 bits per heavy atom. The van der Waals surface area contributed by atoms with Crippen molar-refractivity contribution >= 4 is 23.2 Å². The Hall–Kier alpha value is -0.500. The van der Waals surface area contributed by atoms with Crippen molar-refractivity contribution in [1.29, 1.82) is 0 Å². The molecule has 1 aromatic carbocycles. The molecule has 0 bridgehead atoms. The zero-order valence-corrected chi connectivity index (χ0v) is 8.86. The van der Waals surface area contributed by atoms with Crippen molar-refractivity contribution in [3.8, 4) is 0 Å². The predicted octanol–water partition coefficient (Wildman–Crippen LogP) is 3.35. The molecule has 0 unspecified atom stereocenters. The molecular formula is C10H11Cl2N. The van der Waals surface area contributed by atoms with E-state index in [-0.39, 0.29) is 0 Å². The summed E-state index contributed by atoms with van der Waals surface area (Å²) in [5.41, 5.74) is 5.98. The predicted molar refractivity (Wildman–Crippen MR) is 58.2 cm³/mol. The molecule has 3 heteroatoms. The fourth-order valence-corrected chi connectivity index (χ4v) is 1.92. The van der Waals surface area contributed by atoms with Crippen LogP contribution in [0.15, 0.2) is 30.9 Å². The van der Waals surface area contributed by atoms with Gasteiger partial charge in [0.05, 0.1) is 5.54 Å². The number of benzene rings is 1. The molecule has 2 N–H and O–H groups in total. The third kappa shape index (κ3) is 2.05. The number of rotatable bonds is 2. The van der Waals surface area contributed by atoms with Gasteiger partial charge in [0.15, 0.2) is 0 Å². The molecule has 1 atom stereocenters. The summed E-state index contributed by atoms with van der Waals surface area (Å²) in [6.45, 7) is 5.46. The number of hydrogen-bond acceptors (Lipinski definition) is 1. The fraction of sp³-hybridized carbons (Fsp3) is 0.200. The lowest BCUT2D eigenvalue weighted by molar-refractivity contribution is 0.632. The van der Waals surface area contributed by atoms with Gasteiger partial charge in [-0.25, -0.2) is 0 Å². The van der Waals surface area contributed by atoms with Gasteiger partial charge in [-0.15, -0.1) is 6.58 Å². The first-order chi connectivity index (χ1) is 5.99. The largest absolute Gasteiger partial charge is 0.318 e. The first-order valence-electron chi connectivity index (χ1n) is 3.86. The third-order valence-corrected chi connectivity index (χ3v) is 2.56. The molecule has 0 aliphatic rings. The van der Waals surface area contributed by atoms with Crippen LogP contribution in [0.5, 0.6) is 0 Å². The summed E-state index contributed by atoms with van der Waals surface area (Å²) >= 11 is 12.0. The van der Waals surface area contributed by atoms with Crippen LogP contribution >= 0.6 is 23.2 Å². The summed E-state index contributed by atoms with van der Waals surface area (Å²) in [6, 6.07) is 5.31. The molecule has 0 radical (unpaired) electrons. The van der Waals surface area contributed by atoms with Crippen molar-refractivity contribution in [3.05, 3.63) is 46.5 Å². The van der Waals surface area contributed by atoms with E-state index in [1.807, 2.05) is 6.92 Å². The smallest absolute Gasteiger partial charge is 0.0593 e. The minimum absolute atomic E-state index is 0.567. The molecular weight excluding hydrogens is 205 g/mol. The average molecular weight is 216 g/mol.